The van der Waals surface area contributed by atoms with Gasteiger partial charge in [-0.25, -0.2) is 13.6 Å². The number of halogens is 3. The molecule has 0 unspecified atom stereocenters. The van der Waals surface area contributed by atoms with E-state index >= 15 is 4.39 Å². The van der Waals surface area contributed by atoms with Gasteiger partial charge in [0.1, 0.15) is 17.6 Å². The van der Waals surface area contributed by atoms with Crippen LogP contribution in [0.2, 0.25) is 5.02 Å². The minimum Gasteiger partial charge on any atom is -0.393 e. The Morgan fingerprint density at radius 2 is 2.07 bits per heavy atom. The number of alkyl halides is 1. The summed E-state index contributed by atoms with van der Waals surface area (Å²) < 4.78 is 29.7. The molecule has 0 aliphatic carbocycles. The van der Waals surface area contributed by atoms with Crippen LogP contribution in [0.1, 0.15) is 35.8 Å². The van der Waals surface area contributed by atoms with E-state index in [9.17, 15) is 14.3 Å². The predicted molar refractivity (Wildman–Crippen MR) is 105 cm³/mol. The third-order valence-corrected chi connectivity index (χ3v) is 5.52. The second kappa shape index (κ2) is 8.61. The molecule has 1 aliphatic heterocycles. The lowest BCUT2D eigenvalue weighted by atomic mass is 9.89. The van der Waals surface area contributed by atoms with Gasteiger partial charge in [0.05, 0.1) is 6.61 Å². The molecule has 29 heavy (non-hydrogen) atoms. The summed E-state index contributed by atoms with van der Waals surface area (Å²) in [7, 11) is 0. The van der Waals surface area contributed by atoms with Crippen molar-refractivity contribution in [2.45, 2.75) is 31.5 Å². The topological polar surface area (TPSA) is 85.7 Å². The Morgan fingerprint density at radius 3 is 2.66 bits per heavy atom. The lowest BCUT2D eigenvalue weighted by Gasteiger charge is -2.36. The highest BCUT2D eigenvalue weighted by atomic mass is 35.5. The number of aryl methyl sites for hydroxylation is 1. The number of hydrogen-bond acceptors (Lipinski definition) is 4. The van der Waals surface area contributed by atoms with Crippen LogP contribution in [0.3, 0.4) is 0 Å². The predicted octanol–water partition coefficient (Wildman–Crippen LogP) is 3.70. The monoisotopic (exact) mass is 425 g/mol. The number of nitrogens with zero attached hydrogens (tertiary/aromatic N) is 2. The van der Waals surface area contributed by atoms with Gasteiger partial charge in [-0.3, -0.25) is 4.98 Å². The molecule has 0 spiro atoms. The summed E-state index contributed by atoms with van der Waals surface area (Å²) in [5.74, 6) is -0.882. The number of anilines is 1. The van der Waals surface area contributed by atoms with E-state index in [1.165, 1.54) is 4.90 Å². The number of hydrogen-bond donors (Lipinski definition) is 3. The van der Waals surface area contributed by atoms with Crippen molar-refractivity contribution in [2.24, 2.45) is 0 Å². The largest absolute Gasteiger partial charge is 0.393 e. The molecule has 1 atom stereocenters. The SMILES string of the molecule is Cc1cc(NC(=O)N2CCC(F)(c3ncc([C@H](O)CO)cc3F)CC2)ccc1Cl. The Balaban J connectivity index is 1.65. The Hall–Kier alpha value is -2.29. The van der Waals surface area contributed by atoms with Crippen molar-refractivity contribution in [1.82, 2.24) is 9.88 Å². The Labute approximate surface area is 172 Å². The first-order valence-corrected chi connectivity index (χ1v) is 9.57. The molecule has 1 fully saturated rings. The zero-order valence-corrected chi connectivity index (χ0v) is 16.6. The lowest BCUT2D eigenvalue weighted by Crippen LogP contribution is -2.45. The fourth-order valence-corrected chi connectivity index (χ4v) is 3.41. The smallest absolute Gasteiger partial charge is 0.321 e. The van der Waals surface area contributed by atoms with Gasteiger partial charge in [-0.05, 0) is 36.8 Å². The van der Waals surface area contributed by atoms with Crippen LogP contribution in [0.25, 0.3) is 0 Å². The number of rotatable bonds is 4. The fraction of sp³-hybridized carbons (Fsp3) is 0.400. The molecular formula is C20H22ClF2N3O3. The summed E-state index contributed by atoms with van der Waals surface area (Å²) in [4.78, 5) is 17.8. The van der Waals surface area contributed by atoms with E-state index in [1.807, 2.05) is 6.92 Å². The molecule has 1 aromatic carbocycles. The maximum atomic E-state index is 15.4. The van der Waals surface area contributed by atoms with Crippen molar-refractivity contribution >= 4 is 23.3 Å². The zero-order valence-electron chi connectivity index (χ0n) is 15.8. The van der Waals surface area contributed by atoms with Crippen LogP contribution in [-0.2, 0) is 5.67 Å². The zero-order chi connectivity index (χ0) is 21.2. The average Bonchev–Trinajstić information content (AvgIpc) is 2.70. The normalized spacial score (nSPS) is 17.1. The van der Waals surface area contributed by atoms with E-state index in [0.717, 1.165) is 17.8 Å². The van der Waals surface area contributed by atoms with Crippen LogP contribution in [0.5, 0.6) is 0 Å². The van der Waals surface area contributed by atoms with Crippen molar-refractivity contribution in [2.75, 3.05) is 25.0 Å². The molecule has 0 radical (unpaired) electrons. The van der Waals surface area contributed by atoms with Crippen LogP contribution in [0, 0.1) is 12.7 Å². The third kappa shape index (κ3) is 4.66. The van der Waals surface area contributed by atoms with Gasteiger partial charge in [-0.2, -0.15) is 0 Å². The van der Waals surface area contributed by atoms with Crippen molar-refractivity contribution < 1.29 is 23.8 Å². The van der Waals surface area contributed by atoms with E-state index < -0.39 is 24.2 Å². The number of carbonyl (C=O) groups excluding carboxylic acids is 1. The fourth-order valence-electron chi connectivity index (χ4n) is 3.30. The van der Waals surface area contributed by atoms with Crippen LogP contribution < -0.4 is 5.32 Å². The van der Waals surface area contributed by atoms with Gasteiger partial charge >= 0.3 is 6.03 Å². The van der Waals surface area contributed by atoms with E-state index in [0.29, 0.717) is 10.7 Å². The summed E-state index contributed by atoms with van der Waals surface area (Å²) in [6.45, 7) is 1.43. The molecule has 6 nitrogen and oxygen atoms in total. The molecule has 156 valence electrons. The maximum Gasteiger partial charge on any atom is 0.321 e. The Bertz CT molecular complexity index is 905. The van der Waals surface area contributed by atoms with E-state index in [-0.39, 0.29) is 43.2 Å². The van der Waals surface area contributed by atoms with Crippen LogP contribution >= 0.6 is 11.6 Å². The number of urea groups is 1. The van der Waals surface area contributed by atoms with Gasteiger partial charge < -0.3 is 20.4 Å². The molecule has 9 heteroatoms. The summed E-state index contributed by atoms with van der Waals surface area (Å²) in [6.07, 6.45) is -0.330. The molecule has 0 bridgehead atoms. The van der Waals surface area contributed by atoms with Crippen molar-refractivity contribution in [3.8, 4) is 0 Å². The van der Waals surface area contributed by atoms with Gasteiger partial charge in [-0.15, -0.1) is 0 Å². The van der Waals surface area contributed by atoms with Crippen molar-refractivity contribution in [3.05, 3.63) is 58.1 Å². The second-order valence-electron chi connectivity index (χ2n) is 7.14. The Kier molecular flexibility index (Phi) is 6.36. The number of piperidine rings is 1. The summed E-state index contributed by atoms with van der Waals surface area (Å²) >= 11 is 5.98. The number of pyridine rings is 1. The molecule has 1 aliphatic rings. The first kappa shape index (κ1) is 21.4. The number of likely N-dealkylation sites (tertiary alicyclic amines) is 1. The molecule has 3 N–H and O–H groups in total. The molecule has 3 rings (SSSR count). The number of nitrogens with one attached hydrogen (secondary N) is 1. The Morgan fingerprint density at radius 1 is 1.38 bits per heavy atom. The van der Waals surface area contributed by atoms with E-state index in [2.05, 4.69) is 10.3 Å². The van der Waals surface area contributed by atoms with Gasteiger partial charge in [0.25, 0.3) is 0 Å². The minimum absolute atomic E-state index is 0.0763. The standard InChI is InChI=1S/C20H22ClF2N3O3/c1-12-8-14(2-3-15(12)21)25-19(29)26-6-4-20(23,5-7-26)18-16(22)9-13(10-24-18)17(28)11-27/h2-3,8-10,17,27-28H,4-7,11H2,1H3,(H,25,29)/t17-/m1/s1. The van der Waals surface area contributed by atoms with Crippen molar-refractivity contribution in [3.63, 3.8) is 0 Å². The number of amides is 2. The highest BCUT2D eigenvalue weighted by Crippen LogP contribution is 2.37. The molecule has 2 heterocycles. The molecule has 0 saturated carbocycles. The average molecular weight is 426 g/mol. The lowest BCUT2D eigenvalue weighted by molar-refractivity contribution is 0.0639. The summed E-state index contributed by atoms with van der Waals surface area (Å²) in [5.41, 5.74) is -0.880. The van der Waals surface area contributed by atoms with Crippen LogP contribution in [0.15, 0.2) is 30.5 Å². The molecule has 2 amide bonds. The van der Waals surface area contributed by atoms with Crippen molar-refractivity contribution in [1.29, 1.82) is 0 Å². The molecule has 1 aromatic heterocycles. The quantitative estimate of drug-likeness (QED) is 0.697. The first-order valence-electron chi connectivity index (χ1n) is 9.19. The van der Waals surface area contributed by atoms with Gasteiger partial charge in [-0.1, -0.05) is 11.6 Å². The maximum absolute atomic E-state index is 15.4. The molecular weight excluding hydrogens is 404 g/mol. The number of aliphatic hydroxyl groups excluding tert-OH is 2. The summed E-state index contributed by atoms with van der Waals surface area (Å²) in [6, 6.07) is 5.71. The number of aliphatic hydroxyl groups is 2. The minimum atomic E-state index is -2.01. The van der Waals surface area contributed by atoms with Gasteiger partial charge in [0.2, 0.25) is 0 Å². The highest BCUT2D eigenvalue weighted by molar-refractivity contribution is 6.31. The van der Waals surface area contributed by atoms with Crippen LogP contribution in [0.4, 0.5) is 19.3 Å². The highest BCUT2D eigenvalue weighted by Gasteiger charge is 2.41. The van der Waals surface area contributed by atoms with E-state index in [4.69, 9.17) is 16.7 Å². The van der Waals surface area contributed by atoms with Gasteiger partial charge in [0.15, 0.2) is 5.67 Å². The van der Waals surface area contributed by atoms with Crippen LogP contribution in [-0.4, -0.2) is 45.8 Å². The molecule has 1 saturated heterocycles. The third-order valence-electron chi connectivity index (χ3n) is 5.10. The number of carbonyl (C=O) groups is 1. The van der Waals surface area contributed by atoms with Gasteiger partial charge in [0, 0.05) is 48.4 Å². The number of benzene rings is 1. The second-order valence-corrected chi connectivity index (χ2v) is 7.55. The number of aromatic nitrogens is 1. The summed E-state index contributed by atoms with van der Waals surface area (Å²) in [5, 5.41) is 21.8. The van der Waals surface area contributed by atoms with E-state index in [1.54, 1.807) is 18.2 Å². The first-order chi connectivity index (χ1) is 13.7. The molecule has 2 aromatic rings.